The van der Waals surface area contributed by atoms with Crippen molar-refractivity contribution in [2.24, 2.45) is 5.92 Å². The number of hydrogen-bond acceptors (Lipinski definition) is 1. The summed E-state index contributed by atoms with van der Waals surface area (Å²) < 4.78 is 0. The van der Waals surface area contributed by atoms with Crippen molar-refractivity contribution in [1.82, 2.24) is 0 Å². The largest absolute Gasteiger partial charge is 0.478 e. The van der Waals surface area contributed by atoms with Crippen LogP contribution >= 0.6 is 0 Å². The van der Waals surface area contributed by atoms with E-state index in [0.717, 1.165) is 19.3 Å². The second-order valence-electron chi connectivity index (χ2n) is 9.51. The molecule has 2 aromatic rings. The predicted octanol–water partition coefficient (Wildman–Crippen LogP) is 9.10. The number of rotatable bonds is 16. The van der Waals surface area contributed by atoms with E-state index in [0.29, 0.717) is 11.5 Å². The van der Waals surface area contributed by atoms with Crippen molar-refractivity contribution in [3.05, 3.63) is 59.2 Å². The van der Waals surface area contributed by atoms with Gasteiger partial charge >= 0.3 is 5.97 Å². The Balaban J connectivity index is 2.13. The number of carbonyl (C=O) groups is 1. The Kier molecular flexibility index (Phi) is 12.2. The summed E-state index contributed by atoms with van der Waals surface area (Å²) in [7, 11) is 0. The zero-order chi connectivity index (χ0) is 23.2. The van der Waals surface area contributed by atoms with Gasteiger partial charge in [0, 0.05) is 0 Å². The third-order valence-corrected chi connectivity index (χ3v) is 6.58. The van der Waals surface area contributed by atoms with Crippen LogP contribution in [0, 0.1) is 5.92 Å². The standard InChI is InChI=1S/C30H44O2/c1-4-6-8-10-11-12-16-24(3)22-25-18-14-15-19-28(25)29-21-20-27(30(31)32)23-26(29)17-13-9-7-5-2/h14-15,18-21,23-24H,4-13,16-17,22H2,1-3H3,(H,31,32). The monoisotopic (exact) mass is 436 g/mol. The zero-order valence-corrected chi connectivity index (χ0v) is 20.7. The van der Waals surface area contributed by atoms with Gasteiger partial charge in [0.05, 0.1) is 5.56 Å². The molecular formula is C30H44O2. The minimum Gasteiger partial charge on any atom is -0.478 e. The number of aryl methyl sites for hydroxylation is 1. The normalized spacial score (nSPS) is 12.1. The Hall–Kier alpha value is -2.09. The van der Waals surface area contributed by atoms with Crippen molar-refractivity contribution < 1.29 is 9.90 Å². The number of carboxylic acid groups (broad SMARTS) is 1. The van der Waals surface area contributed by atoms with E-state index in [1.54, 1.807) is 6.07 Å². The van der Waals surface area contributed by atoms with Crippen LogP contribution in [0.2, 0.25) is 0 Å². The Morgan fingerprint density at radius 3 is 2.12 bits per heavy atom. The van der Waals surface area contributed by atoms with Crippen LogP contribution in [0.5, 0.6) is 0 Å². The molecule has 0 aromatic heterocycles. The highest BCUT2D eigenvalue weighted by molar-refractivity contribution is 5.89. The minimum atomic E-state index is -0.841. The average Bonchev–Trinajstić information content (AvgIpc) is 2.79. The molecule has 2 heteroatoms. The first-order chi connectivity index (χ1) is 15.6. The van der Waals surface area contributed by atoms with Gasteiger partial charge in [-0.2, -0.15) is 0 Å². The fourth-order valence-electron chi connectivity index (χ4n) is 4.65. The summed E-state index contributed by atoms with van der Waals surface area (Å²) in [6.45, 7) is 6.87. The molecule has 2 rings (SSSR count). The third kappa shape index (κ3) is 8.81. The van der Waals surface area contributed by atoms with Crippen molar-refractivity contribution in [1.29, 1.82) is 0 Å². The first-order valence-electron chi connectivity index (χ1n) is 13.0. The first kappa shape index (κ1) is 26.2. The van der Waals surface area contributed by atoms with E-state index in [1.807, 2.05) is 12.1 Å². The van der Waals surface area contributed by atoms with Gasteiger partial charge < -0.3 is 5.11 Å². The molecule has 176 valence electrons. The number of unbranched alkanes of at least 4 members (excludes halogenated alkanes) is 8. The van der Waals surface area contributed by atoms with Crippen LogP contribution in [-0.4, -0.2) is 11.1 Å². The van der Waals surface area contributed by atoms with Crippen molar-refractivity contribution in [2.75, 3.05) is 0 Å². The van der Waals surface area contributed by atoms with E-state index >= 15 is 0 Å². The van der Waals surface area contributed by atoms with Crippen LogP contribution in [0.3, 0.4) is 0 Å². The lowest BCUT2D eigenvalue weighted by Crippen LogP contribution is -2.04. The highest BCUT2D eigenvalue weighted by atomic mass is 16.4. The van der Waals surface area contributed by atoms with Crippen LogP contribution in [-0.2, 0) is 12.8 Å². The van der Waals surface area contributed by atoms with Crippen molar-refractivity contribution in [3.63, 3.8) is 0 Å². The summed E-state index contributed by atoms with van der Waals surface area (Å²) in [6.07, 6.45) is 16.2. The van der Waals surface area contributed by atoms with Gasteiger partial charge in [0.1, 0.15) is 0 Å². The molecule has 0 saturated carbocycles. The molecule has 32 heavy (non-hydrogen) atoms. The summed E-state index contributed by atoms with van der Waals surface area (Å²) in [6, 6.07) is 14.4. The summed E-state index contributed by atoms with van der Waals surface area (Å²) in [5.41, 5.74) is 5.47. The number of aromatic carboxylic acids is 1. The van der Waals surface area contributed by atoms with Crippen molar-refractivity contribution in [3.8, 4) is 11.1 Å². The van der Waals surface area contributed by atoms with Gasteiger partial charge in [0.2, 0.25) is 0 Å². The van der Waals surface area contributed by atoms with Crippen molar-refractivity contribution in [2.45, 2.75) is 104 Å². The molecule has 1 N–H and O–H groups in total. The SMILES string of the molecule is CCCCCCCCC(C)Cc1ccccc1-c1ccc(C(=O)O)cc1CCCCCC. The quantitative estimate of drug-likeness (QED) is 0.266. The van der Waals surface area contributed by atoms with Gasteiger partial charge in [-0.1, -0.05) is 115 Å². The van der Waals surface area contributed by atoms with Crippen LogP contribution in [0.25, 0.3) is 11.1 Å². The average molecular weight is 437 g/mol. The lowest BCUT2D eigenvalue weighted by atomic mass is 9.87. The third-order valence-electron chi connectivity index (χ3n) is 6.58. The Morgan fingerprint density at radius 2 is 1.41 bits per heavy atom. The van der Waals surface area contributed by atoms with Gasteiger partial charge in [0.25, 0.3) is 0 Å². The molecule has 1 atom stereocenters. The molecule has 0 fully saturated rings. The number of carboxylic acids is 1. The van der Waals surface area contributed by atoms with Crippen LogP contribution < -0.4 is 0 Å². The van der Waals surface area contributed by atoms with Crippen LogP contribution in [0.1, 0.15) is 113 Å². The molecule has 0 amide bonds. The Bertz CT molecular complexity index is 808. The van der Waals surface area contributed by atoms with Crippen LogP contribution in [0.4, 0.5) is 0 Å². The summed E-state index contributed by atoms with van der Waals surface area (Å²) in [5, 5.41) is 9.50. The van der Waals surface area contributed by atoms with E-state index in [2.05, 4.69) is 45.0 Å². The van der Waals surface area contributed by atoms with E-state index in [1.165, 1.54) is 86.5 Å². The molecule has 0 saturated heterocycles. The molecule has 0 aliphatic carbocycles. The fourth-order valence-corrected chi connectivity index (χ4v) is 4.65. The maximum Gasteiger partial charge on any atom is 0.335 e. The lowest BCUT2D eigenvalue weighted by molar-refractivity contribution is 0.0696. The first-order valence-corrected chi connectivity index (χ1v) is 13.0. The second kappa shape index (κ2) is 14.9. The molecule has 0 aliphatic rings. The van der Waals surface area contributed by atoms with Gasteiger partial charge in [-0.25, -0.2) is 4.79 Å². The topological polar surface area (TPSA) is 37.3 Å². The van der Waals surface area contributed by atoms with Gasteiger partial charge in [-0.3, -0.25) is 0 Å². The summed E-state index contributed by atoms with van der Waals surface area (Å²) in [4.78, 5) is 11.6. The molecule has 0 spiro atoms. The lowest BCUT2D eigenvalue weighted by Gasteiger charge is -2.18. The molecule has 1 unspecified atom stereocenters. The Labute approximate surface area is 196 Å². The van der Waals surface area contributed by atoms with E-state index in [9.17, 15) is 9.90 Å². The van der Waals surface area contributed by atoms with Gasteiger partial charge in [-0.15, -0.1) is 0 Å². The molecule has 0 bridgehead atoms. The van der Waals surface area contributed by atoms with Crippen molar-refractivity contribution >= 4 is 5.97 Å². The molecule has 0 heterocycles. The maximum absolute atomic E-state index is 11.6. The predicted molar refractivity (Wildman–Crippen MR) is 138 cm³/mol. The summed E-state index contributed by atoms with van der Waals surface area (Å²) >= 11 is 0. The van der Waals surface area contributed by atoms with E-state index < -0.39 is 5.97 Å². The minimum absolute atomic E-state index is 0.396. The molecular weight excluding hydrogens is 392 g/mol. The smallest absolute Gasteiger partial charge is 0.335 e. The van der Waals surface area contributed by atoms with Crippen LogP contribution in [0.15, 0.2) is 42.5 Å². The van der Waals surface area contributed by atoms with E-state index in [4.69, 9.17) is 0 Å². The summed E-state index contributed by atoms with van der Waals surface area (Å²) in [5.74, 6) is -0.180. The fraction of sp³-hybridized carbons (Fsp3) is 0.567. The number of benzene rings is 2. The van der Waals surface area contributed by atoms with E-state index in [-0.39, 0.29) is 0 Å². The second-order valence-corrected chi connectivity index (χ2v) is 9.51. The van der Waals surface area contributed by atoms with Gasteiger partial charge in [0.15, 0.2) is 0 Å². The molecule has 2 aromatic carbocycles. The highest BCUT2D eigenvalue weighted by Gasteiger charge is 2.14. The molecule has 0 radical (unpaired) electrons. The number of hydrogen-bond donors (Lipinski definition) is 1. The maximum atomic E-state index is 11.6. The highest BCUT2D eigenvalue weighted by Crippen LogP contribution is 2.31. The van der Waals surface area contributed by atoms with Gasteiger partial charge in [-0.05, 0) is 59.6 Å². The zero-order valence-electron chi connectivity index (χ0n) is 20.7. The Morgan fingerprint density at radius 1 is 0.781 bits per heavy atom. The molecule has 0 aliphatic heterocycles. The molecule has 2 nitrogen and oxygen atoms in total.